The van der Waals surface area contributed by atoms with Crippen molar-refractivity contribution in [1.29, 1.82) is 0 Å². The van der Waals surface area contributed by atoms with Crippen LogP contribution in [0, 0.1) is 21.7 Å². The van der Waals surface area contributed by atoms with Gasteiger partial charge in [0.05, 0.1) is 0 Å². The lowest BCUT2D eigenvalue weighted by molar-refractivity contribution is 0.0371. The lowest BCUT2D eigenvalue weighted by Gasteiger charge is -2.48. The first-order valence-corrected chi connectivity index (χ1v) is 11.3. The molecule has 0 amide bonds. The van der Waals surface area contributed by atoms with Crippen molar-refractivity contribution in [2.24, 2.45) is 38.9 Å². The summed E-state index contributed by atoms with van der Waals surface area (Å²) in [4.78, 5) is 0. The average Bonchev–Trinajstić information content (AvgIpc) is 2.12. The molecule has 0 aromatic heterocycles. The fourth-order valence-corrected chi connectivity index (χ4v) is 7.19. The van der Waals surface area contributed by atoms with E-state index in [1.54, 1.807) is 0 Å². The van der Waals surface area contributed by atoms with Crippen LogP contribution in [0.2, 0.25) is 0 Å². The van der Waals surface area contributed by atoms with E-state index in [4.69, 9.17) is 17.2 Å². The van der Waals surface area contributed by atoms with Crippen molar-refractivity contribution in [3.8, 4) is 0 Å². The lowest BCUT2D eigenvalue weighted by Crippen LogP contribution is -2.43. The van der Waals surface area contributed by atoms with E-state index in [9.17, 15) is 0 Å². The van der Waals surface area contributed by atoms with Crippen molar-refractivity contribution < 1.29 is 0 Å². The summed E-state index contributed by atoms with van der Waals surface area (Å²) < 4.78 is 0. The van der Waals surface area contributed by atoms with E-state index in [0.717, 1.165) is 32.1 Å². The molecule has 0 aliphatic rings. The minimum atomic E-state index is -0.152. The van der Waals surface area contributed by atoms with Crippen molar-refractivity contribution in [1.82, 2.24) is 0 Å². The normalized spacial score (nSPS) is 16.4. The molecule has 0 bridgehead atoms. The number of nitrogens with two attached hydrogens (primary N) is 3. The highest BCUT2D eigenvalue weighted by molar-refractivity contribution is 4.95. The molecule has 0 aromatic carbocycles. The van der Waals surface area contributed by atoms with Crippen LogP contribution in [-0.2, 0) is 0 Å². The highest BCUT2D eigenvalue weighted by Gasteiger charge is 2.42. The summed E-state index contributed by atoms with van der Waals surface area (Å²) in [5.41, 5.74) is 19.5. The van der Waals surface area contributed by atoms with E-state index in [-0.39, 0.29) is 38.8 Å². The molecule has 1 atom stereocenters. The van der Waals surface area contributed by atoms with Crippen LogP contribution in [0.25, 0.3) is 0 Å². The van der Waals surface area contributed by atoms with E-state index < -0.39 is 0 Å². The summed E-state index contributed by atoms with van der Waals surface area (Å²) in [6.45, 7) is 27.5. The first kappa shape index (κ1) is 27.9. The predicted molar refractivity (Wildman–Crippen MR) is 127 cm³/mol. The van der Waals surface area contributed by atoms with E-state index in [1.807, 2.05) is 0 Å². The smallest absolute Gasteiger partial charge is 0.0102 e. The second-order valence-corrected chi connectivity index (χ2v) is 14.3. The Labute approximate surface area is 178 Å². The van der Waals surface area contributed by atoms with Crippen molar-refractivity contribution in [3.63, 3.8) is 0 Å². The zero-order valence-electron chi connectivity index (χ0n) is 21.6. The molecule has 6 N–H and O–H groups in total. The lowest BCUT2D eigenvalue weighted by atomic mass is 9.58. The van der Waals surface area contributed by atoms with E-state index in [2.05, 4.69) is 83.1 Å². The summed E-state index contributed by atoms with van der Waals surface area (Å²) in [6.07, 6.45) is 6.59. The van der Waals surface area contributed by atoms with Crippen molar-refractivity contribution in [2.45, 2.75) is 139 Å². The molecule has 0 spiro atoms. The SMILES string of the molecule is CC(N)CC(C)(C)CC(C)(CC(C)(C)CC(C)(C)N)CC(C)(C)CC(C)(C)N. The molecule has 3 heteroatoms. The van der Waals surface area contributed by atoms with Crippen molar-refractivity contribution >= 4 is 0 Å². The Morgan fingerprint density at radius 3 is 1.07 bits per heavy atom. The number of rotatable bonds is 12. The molecule has 3 nitrogen and oxygen atoms in total. The van der Waals surface area contributed by atoms with Crippen molar-refractivity contribution in [2.75, 3.05) is 0 Å². The van der Waals surface area contributed by atoms with Crippen LogP contribution >= 0.6 is 0 Å². The highest BCUT2D eigenvalue weighted by atomic mass is 14.7. The third-order valence-corrected chi connectivity index (χ3v) is 5.46. The van der Waals surface area contributed by atoms with E-state index in [0.29, 0.717) is 0 Å². The van der Waals surface area contributed by atoms with Gasteiger partial charge in [0, 0.05) is 17.1 Å². The summed E-state index contributed by atoms with van der Waals surface area (Å²) >= 11 is 0. The van der Waals surface area contributed by atoms with Crippen LogP contribution in [0.3, 0.4) is 0 Å². The highest BCUT2D eigenvalue weighted by Crippen LogP contribution is 2.52. The molecule has 0 rings (SSSR count). The van der Waals surface area contributed by atoms with Crippen LogP contribution in [0.15, 0.2) is 0 Å². The average molecular weight is 398 g/mol. The van der Waals surface area contributed by atoms with Crippen LogP contribution < -0.4 is 17.2 Å². The Bertz CT molecular complexity index is 443. The van der Waals surface area contributed by atoms with Gasteiger partial charge in [0.2, 0.25) is 0 Å². The van der Waals surface area contributed by atoms with Gasteiger partial charge in [0.15, 0.2) is 0 Å². The first-order chi connectivity index (χ1) is 12.0. The van der Waals surface area contributed by atoms with Crippen LogP contribution in [0.5, 0.6) is 0 Å². The Morgan fingerprint density at radius 2 is 0.821 bits per heavy atom. The summed E-state index contributed by atoms with van der Waals surface area (Å²) in [6, 6.07) is 0.228. The Hall–Kier alpha value is -0.120. The Balaban J connectivity index is 5.76. The monoisotopic (exact) mass is 397 g/mol. The minimum absolute atomic E-state index is 0.152. The topological polar surface area (TPSA) is 78.1 Å². The Morgan fingerprint density at radius 1 is 0.536 bits per heavy atom. The fraction of sp³-hybridized carbons (Fsp3) is 1.00. The second kappa shape index (κ2) is 8.94. The third kappa shape index (κ3) is 13.2. The van der Waals surface area contributed by atoms with Crippen LogP contribution in [0.1, 0.15) is 122 Å². The Kier molecular flexibility index (Phi) is 8.90. The van der Waals surface area contributed by atoms with Gasteiger partial charge in [-0.15, -0.1) is 0 Å². The molecule has 1 unspecified atom stereocenters. The first-order valence-electron chi connectivity index (χ1n) is 11.3. The van der Waals surface area contributed by atoms with Gasteiger partial charge in [-0.1, -0.05) is 48.5 Å². The largest absolute Gasteiger partial charge is 0.328 e. The quantitative estimate of drug-likeness (QED) is 0.365. The molecule has 170 valence electrons. The zero-order chi connectivity index (χ0) is 22.8. The molecular weight excluding hydrogens is 342 g/mol. The fourth-order valence-electron chi connectivity index (χ4n) is 7.19. The molecule has 0 saturated carbocycles. The van der Waals surface area contributed by atoms with Gasteiger partial charge in [0.1, 0.15) is 0 Å². The van der Waals surface area contributed by atoms with E-state index in [1.165, 1.54) is 6.42 Å². The van der Waals surface area contributed by atoms with Gasteiger partial charge in [-0.3, -0.25) is 0 Å². The summed E-state index contributed by atoms with van der Waals surface area (Å²) in [5.74, 6) is 0. The van der Waals surface area contributed by atoms with Gasteiger partial charge in [-0.2, -0.15) is 0 Å². The molecule has 0 aromatic rings. The van der Waals surface area contributed by atoms with Gasteiger partial charge in [-0.05, 0) is 94.8 Å². The van der Waals surface area contributed by atoms with Crippen molar-refractivity contribution in [3.05, 3.63) is 0 Å². The minimum Gasteiger partial charge on any atom is -0.328 e. The molecule has 0 fully saturated rings. The molecule has 0 heterocycles. The van der Waals surface area contributed by atoms with Gasteiger partial charge < -0.3 is 17.2 Å². The van der Waals surface area contributed by atoms with Crippen LogP contribution in [-0.4, -0.2) is 17.1 Å². The molecule has 28 heavy (non-hydrogen) atoms. The third-order valence-electron chi connectivity index (χ3n) is 5.46. The molecule has 0 saturated heterocycles. The molecule has 0 aliphatic heterocycles. The zero-order valence-corrected chi connectivity index (χ0v) is 21.6. The number of hydrogen-bond acceptors (Lipinski definition) is 3. The maximum atomic E-state index is 6.41. The summed E-state index contributed by atoms with van der Waals surface area (Å²) in [7, 11) is 0. The summed E-state index contributed by atoms with van der Waals surface area (Å²) in [5, 5.41) is 0. The van der Waals surface area contributed by atoms with E-state index >= 15 is 0 Å². The van der Waals surface area contributed by atoms with Gasteiger partial charge in [-0.25, -0.2) is 0 Å². The van der Waals surface area contributed by atoms with Crippen LogP contribution in [0.4, 0.5) is 0 Å². The maximum absolute atomic E-state index is 6.41. The second-order valence-electron chi connectivity index (χ2n) is 14.3. The number of hydrogen-bond donors (Lipinski definition) is 3. The molecule has 0 aliphatic carbocycles. The predicted octanol–water partition coefficient (Wildman–Crippen LogP) is 6.23. The van der Waals surface area contributed by atoms with Gasteiger partial charge in [0.25, 0.3) is 0 Å². The molecular formula is C25H55N3. The maximum Gasteiger partial charge on any atom is 0.0102 e. The standard InChI is InChI=1S/C25H55N3/c1-19(26)13-20(2,3)16-25(12,17-21(4,5)14-23(8,9)27)18-22(6,7)15-24(10,11)28/h19H,13-18,26-28H2,1-12H3. The van der Waals surface area contributed by atoms with Gasteiger partial charge >= 0.3 is 0 Å². The molecule has 0 radical (unpaired) electrons.